The molecule has 2 rings (SSSR count). The van der Waals surface area contributed by atoms with Crippen LogP contribution < -0.4 is 10.6 Å². The molecule has 1 aromatic carbocycles. The first-order valence-electron chi connectivity index (χ1n) is 6.53. The number of aliphatic hydroxyl groups excluding tert-OH is 1. The summed E-state index contributed by atoms with van der Waals surface area (Å²) in [4.78, 5) is 0. The van der Waals surface area contributed by atoms with E-state index in [1.165, 1.54) is 23.2 Å². The van der Waals surface area contributed by atoms with Crippen molar-refractivity contribution in [2.24, 2.45) is 0 Å². The highest BCUT2D eigenvalue weighted by Gasteiger charge is 2.12. The molecular formula is C14H22N2O2. The number of anilines is 1. The van der Waals surface area contributed by atoms with Gasteiger partial charge in [0, 0.05) is 32.4 Å². The van der Waals surface area contributed by atoms with E-state index >= 15 is 0 Å². The van der Waals surface area contributed by atoms with E-state index in [4.69, 9.17) is 4.74 Å². The molecule has 100 valence electrons. The van der Waals surface area contributed by atoms with Gasteiger partial charge in [0.15, 0.2) is 0 Å². The minimum absolute atomic E-state index is 0.373. The predicted molar refractivity (Wildman–Crippen MR) is 72.8 cm³/mol. The zero-order valence-corrected chi connectivity index (χ0v) is 10.9. The van der Waals surface area contributed by atoms with Crippen molar-refractivity contribution in [2.75, 3.05) is 32.1 Å². The second-order valence-corrected chi connectivity index (χ2v) is 4.72. The fraction of sp³-hybridized carbons (Fsp3) is 0.571. The topological polar surface area (TPSA) is 53.5 Å². The minimum atomic E-state index is -0.442. The van der Waals surface area contributed by atoms with Crippen molar-refractivity contribution in [1.29, 1.82) is 0 Å². The molecule has 1 heterocycles. The summed E-state index contributed by atoms with van der Waals surface area (Å²) >= 11 is 0. The number of rotatable bonds is 6. The Balaban J connectivity index is 1.89. The van der Waals surface area contributed by atoms with Crippen molar-refractivity contribution in [3.05, 3.63) is 29.3 Å². The lowest BCUT2D eigenvalue weighted by Gasteiger charge is -2.21. The highest BCUT2D eigenvalue weighted by atomic mass is 16.5. The summed E-state index contributed by atoms with van der Waals surface area (Å²) in [6, 6.07) is 6.42. The van der Waals surface area contributed by atoms with Gasteiger partial charge in [0.05, 0.1) is 12.7 Å². The van der Waals surface area contributed by atoms with Crippen molar-refractivity contribution < 1.29 is 9.84 Å². The first-order chi connectivity index (χ1) is 8.81. The van der Waals surface area contributed by atoms with Gasteiger partial charge in [-0.3, -0.25) is 0 Å². The third-order valence-electron chi connectivity index (χ3n) is 3.22. The molecule has 4 heteroatoms. The number of hydrogen-bond acceptors (Lipinski definition) is 4. The minimum Gasteiger partial charge on any atom is -0.389 e. The maximum atomic E-state index is 9.56. The molecule has 0 aromatic heterocycles. The van der Waals surface area contributed by atoms with Crippen LogP contribution in [0.1, 0.15) is 17.5 Å². The second-order valence-electron chi connectivity index (χ2n) is 4.72. The molecule has 0 aliphatic carbocycles. The molecule has 1 aliphatic rings. The van der Waals surface area contributed by atoms with Gasteiger partial charge in [0.25, 0.3) is 0 Å². The van der Waals surface area contributed by atoms with E-state index in [0.717, 1.165) is 19.5 Å². The first kappa shape index (κ1) is 13.3. The Morgan fingerprint density at radius 2 is 2.39 bits per heavy atom. The van der Waals surface area contributed by atoms with Crippen LogP contribution in [0, 0.1) is 0 Å². The van der Waals surface area contributed by atoms with Crippen LogP contribution in [0.3, 0.4) is 0 Å². The maximum Gasteiger partial charge on any atom is 0.0897 e. The van der Waals surface area contributed by atoms with Crippen LogP contribution in [0.25, 0.3) is 0 Å². The Morgan fingerprint density at radius 1 is 1.50 bits per heavy atom. The van der Waals surface area contributed by atoms with Crippen LogP contribution in [0.4, 0.5) is 5.69 Å². The van der Waals surface area contributed by atoms with Crippen molar-refractivity contribution in [2.45, 2.75) is 25.5 Å². The van der Waals surface area contributed by atoms with Gasteiger partial charge in [-0.05, 0) is 24.0 Å². The molecule has 0 saturated heterocycles. The SMILES string of the molecule is COCC(O)CNCc1cccc2c1NCCC2. The van der Waals surface area contributed by atoms with Crippen molar-refractivity contribution in [3.63, 3.8) is 0 Å². The average Bonchev–Trinajstić information content (AvgIpc) is 2.39. The monoisotopic (exact) mass is 250 g/mol. The molecule has 0 amide bonds. The number of ether oxygens (including phenoxy) is 1. The molecule has 18 heavy (non-hydrogen) atoms. The lowest BCUT2D eigenvalue weighted by Crippen LogP contribution is -2.30. The van der Waals surface area contributed by atoms with Crippen LogP contribution in [0.5, 0.6) is 0 Å². The molecular weight excluding hydrogens is 228 g/mol. The van der Waals surface area contributed by atoms with Crippen LogP contribution in [0.2, 0.25) is 0 Å². The summed E-state index contributed by atoms with van der Waals surface area (Å²) < 4.78 is 4.89. The number of aryl methyl sites for hydroxylation is 1. The van der Waals surface area contributed by atoms with Gasteiger partial charge in [-0.15, -0.1) is 0 Å². The van der Waals surface area contributed by atoms with Crippen molar-refractivity contribution >= 4 is 5.69 Å². The Hall–Kier alpha value is -1.10. The van der Waals surface area contributed by atoms with E-state index in [1.54, 1.807) is 7.11 Å². The number of fused-ring (bicyclic) bond motifs is 1. The molecule has 0 bridgehead atoms. The smallest absolute Gasteiger partial charge is 0.0897 e. The summed E-state index contributed by atoms with van der Waals surface area (Å²) in [7, 11) is 1.60. The number of hydrogen-bond donors (Lipinski definition) is 3. The molecule has 1 unspecified atom stereocenters. The van der Waals surface area contributed by atoms with Crippen LogP contribution in [0.15, 0.2) is 18.2 Å². The molecule has 0 fully saturated rings. The molecule has 0 radical (unpaired) electrons. The average molecular weight is 250 g/mol. The molecule has 3 N–H and O–H groups in total. The van der Waals surface area contributed by atoms with Crippen molar-refractivity contribution in [1.82, 2.24) is 5.32 Å². The predicted octanol–water partition coefficient (Wildman–Crippen LogP) is 1.14. The van der Waals surface area contributed by atoms with E-state index in [0.29, 0.717) is 13.2 Å². The zero-order valence-electron chi connectivity index (χ0n) is 10.9. The lowest BCUT2D eigenvalue weighted by molar-refractivity contribution is 0.0644. The Labute approximate surface area is 108 Å². The van der Waals surface area contributed by atoms with Gasteiger partial charge in [-0.1, -0.05) is 18.2 Å². The van der Waals surface area contributed by atoms with Crippen LogP contribution >= 0.6 is 0 Å². The third-order valence-corrected chi connectivity index (χ3v) is 3.22. The number of nitrogens with one attached hydrogen (secondary N) is 2. The van der Waals surface area contributed by atoms with Gasteiger partial charge in [-0.25, -0.2) is 0 Å². The highest BCUT2D eigenvalue weighted by Crippen LogP contribution is 2.25. The largest absolute Gasteiger partial charge is 0.389 e. The number of aliphatic hydroxyl groups is 1. The summed E-state index contributed by atoms with van der Waals surface area (Å²) in [5.74, 6) is 0. The molecule has 1 aliphatic heterocycles. The third kappa shape index (κ3) is 3.45. The van der Waals surface area contributed by atoms with Gasteiger partial charge >= 0.3 is 0 Å². The van der Waals surface area contributed by atoms with Gasteiger partial charge in [-0.2, -0.15) is 0 Å². The molecule has 0 saturated carbocycles. The summed E-state index contributed by atoms with van der Waals surface area (Å²) in [6.07, 6.45) is 1.92. The van der Waals surface area contributed by atoms with E-state index < -0.39 is 6.10 Å². The van der Waals surface area contributed by atoms with E-state index in [9.17, 15) is 5.11 Å². The van der Waals surface area contributed by atoms with Crippen LogP contribution in [-0.4, -0.2) is 38.0 Å². The maximum absolute atomic E-state index is 9.56. The van der Waals surface area contributed by atoms with Crippen molar-refractivity contribution in [3.8, 4) is 0 Å². The molecule has 0 spiro atoms. The molecule has 1 aromatic rings. The summed E-state index contributed by atoms with van der Waals surface area (Å²) in [5.41, 5.74) is 3.95. The van der Waals surface area contributed by atoms with E-state index in [-0.39, 0.29) is 0 Å². The van der Waals surface area contributed by atoms with E-state index in [1.807, 2.05) is 0 Å². The molecule has 1 atom stereocenters. The van der Waals surface area contributed by atoms with Gasteiger partial charge in [0.1, 0.15) is 0 Å². The first-order valence-corrected chi connectivity index (χ1v) is 6.53. The molecule has 4 nitrogen and oxygen atoms in total. The fourth-order valence-corrected chi connectivity index (χ4v) is 2.35. The zero-order chi connectivity index (χ0) is 12.8. The lowest BCUT2D eigenvalue weighted by atomic mass is 9.99. The van der Waals surface area contributed by atoms with E-state index in [2.05, 4.69) is 28.8 Å². The quantitative estimate of drug-likeness (QED) is 0.709. The fourth-order valence-electron chi connectivity index (χ4n) is 2.35. The Morgan fingerprint density at radius 3 is 3.22 bits per heavy atom. The van der Waals surface area contributed by atoms with Gasteiger partial charge in [0.2, 0.25) is 0 Å². The normalized spacial score (nSPS) is 15.9. The summed E-state index contributed by atoms with van der Waals surface area (Å²) in [5, 5.41) is 16.3. The number of benzene rings is 1. The van der Waals surface area contributed by atoms with Crippen LogP contribution in [-0.2, 0) is 17.7 Å². The Kier molecular flexibility index (Phi) is 4.99. The summed E-state index contributed by atoms with van der Waals surface area (Å²) in [6.45, 7) is 2.75. The standard InChI is InChI=1S/C14H22N2O2/c1-18-10-13(17)9-15-8-12-5-2-4-11-6-3-7-16-14(11)12/h2,4-5,13,15-17H,3,6-10H2,1H3. The Bertz CT molecular complexity index is 382. The number of para-hydroxylation sites is 1. The highest BCUT2D eigenvalue weighted by molar-refractivity contribution is 5.59. The number of methoxy groups -OCH3 is 1. The second kappa shape index (κ2) is 6.73. The van der Waals surface area contributed by atoms with Gasteiger partial charge < -0.3 is 20.5 Å².